The number of aromatic hydroxyl groups is 1. The van der Waals surface area contributed by atoms with Crippen LogP contribution < -0.4 is 4.74 Å². The quantitative estimate of drug-likeness (QED) is 0.589. The van der Waals surface area contributed by atoms with Crippen molar-refractivity contribution in [3.05, 3.63) is 87.6 Å². The number of methoxy groups -OCH3 is 1. The van der Waals surface area contributed by atoms with E-state index in [0.717, 1.165) is 5.56 Å². The minimum Gasteiger partial charge on any atom is -0.504 e. The number of phenolic OH excluding ortho intramolecular Hbond substituents is 1. The van der Waals surface area contributed by atoms with Crippen molar-refractivity contribution in [1.29, 1.82) is 0 Å². The Balaban J connectivity index is 1.83. The molecule has 0 bridgehead atoms. The Labute approximate surface area is 176 Å². The number of nitrogens with zero attached hydrogens (tertiary/aromatic N) is 2. The average molecular weight is 422 g/mol. The maximum atomic E-state index is 13.2. The van der Waals surface area contributed by atoms with Crippen LogP contribution in [0.3, 0.4) is 0 Å². The van der Waals surface area contributed by atoms with Gasteiger partial charge in [-0.15, -0.1) is 11.3 Å². The van der Waals surface area contributed by atoms with E-state index in [1.165, 1.54) is 29.4 Å². The number of rotatable bonds is 6. The van der Waals surface area contributed by atoms with Gasteiger partial charge in [0.25, 0.3) is 5.91 Å². The first kappa shape index (κ1) is 19.7. The molecule has 1 unspecified atom stereocenters. The van der Waals surface area contributed by atoms with E-state index >= 15 is 0 Å². The molecule has 0 spiro atoms. The molecule has 0 saturated heterocycles. The Kier molecular flexibility index (Phi) is 5.24. The van der Waals surface area contributed by atoms with Crippen LogP contribution in [0.2, 0.25) is 0 Å². The van der Waals surface area contributed by atoms with Gasteiger partial charge < -0.3 is 19.8 Å². The molecule has 1 amide bonds. The molecule has 0 fully saturated rings. The molecule has 1 aromatic carbocycles. The van der Waals surface area contributed by atoms with E-state index in [0.29, 0.717) is 10.4 Å². The van der Waals surface area contributed by atoms with E-state index in [1.807, 2.05) is 6.07 Å². The first-order chi connectivity index (χ1) is 14.5. The van der Waals surface area contributed by atoms with Crippen molar-refractivity contribution in [2.75, 3.05) is 7.11 Å². The number of hydrogen-bond acceptors (Lipinski definition) is 7. The molecular weight excluding hydrogens is 404 g/mol. The van der Waals surface area contributed by atoms with Gasteiger partial charge in [0.1, 0.15) is 0 Å². The van der Waals surface area contributed by atoms with Crippen molar-refractivity contribution in [2.24, 2.45) is 0 Å². The highest BCUT2D eigenvalue weighted by Crippen LogP contribution is 2.42. The molecule has 1 atom stereocenters. The summed E-state index contributed by atoms with van der Waals surface area (Å²) in [6.07, 6.45) is 3.25. The Bertz CT molecular complexity index is 1130. The maximum Gasteiger partial charge on any atom is 0.290 e. The Morgan fingerprint density at radius 2 is 2.07 bits per heavy atom. The Morgan fingerprint density at radius 1 is 1.23 bits per heavy atom. The van der Waals surface area contributed by atoms with Gasteiger partial charge in [0.15, 0.2) is 17.3 Å². The van der Waals surface area contributed by atoms with Crippen LogP contribution in [0, 0.1) is 0 Å². The largest absolute Gasteiger partial charge is 0.504 e. The molecule has 1 aliphatic rings. The first-order valence-electron chi connectivity index (χ1n) is 9.09. The Hall–Kier alpha value is -3.65. The zero-order valence-electron chi connectivity index (χ0n) is 16.0. The lowest BCUT2D eigenvalue weighted by molar-refractivity contribution is -0.130. The van der Waals surface area contributed by atoms with E-state index in [1.54, 1.807) is 48.1 Å². The summed E-state index contributed by atoms with van der Waals surface area (Å²) in [4.78, 5) is 32.1. The summed E-state index contributed by atoms with van der Waals surface area (Å²) in [5, 5.41) is 22.4. The molecule has 152 valence electrons. The van der Waals surface area contributed by atoms with E-state index in [2.05, 4.69) is 4.98 Å². The summed E-state index contributed by atoms with van der Waals surface area (Å²) in [5.41, 5.74) is 1.28. The number of amides is 1. The zero-order valence-corrected chi connectivity index (χ0v) is 16.8. The lowest BCUT2D eigenvalue weighted by Gasteiger charge is -2.27. The lowest BCUT2D eigenvalue weighted by Crippen LogP contribution is -2.30. The van der Waals surface area contributed by atoms with Gasteiger partial charge in [-0.3, -0.25) is 14.6 Å². The van der Waals surface area contributed by atoms with Gasteiger partial charge in [0.05, 0.1) is 23.6 Å². The second kappa shape index (κ2) is 8.00. The van der Waals surface area contributed by atoms with E-state index in [-0.39, 0.29) is 23.6 Å². The zero-order chi connectivity index (χ0) is 21.3. The highest BCUT2D eigenvalue weighted by atomic mass is 32.1. The Morgan fingerprint density at radius 3 is 2.73 bits per heavy atom. The monoisotopic (exact) mass is 422 g/mol. The van der Waals surface area contributed by atoms with Crippen LogP contribution in [-0.2, 0) is 11.3 Å². The van der Waals surface area contributed by atoms with Crippen molar-refractivity contribution in [3.8, 4) is 11.5 Å². The molecule has 8 heteroatoms. The van der Waals surface area contributed by atoms with Crippen LogP contribution in [0.15, 0.2) is 71.6 Å². The van der Waals surface area contributed by atoms with Crippen molar-refractivity contribution in [1.82, 2.24) is 9.88 Å². The lowest BCUT2D eigenvalue weighted by atomic mass is 9.95. The van der Waals surface area contributed by atoms with Crippen LogP contribution in [-0.4, -0.2) is 38.9 Å². The third kappa shape index (κ3) is 3.42. The summed E-state index contributed by atoms with van der Waals surface area (Å²) in [7, 11) is 1.41. The molecule has 1 aliphatic heterocycles. The molecule has 0 radical (unpaired) electrons. The number of ether oxygens (including phenoxy) is 1. The predicted octanol–water partition coefficient (Wildman–Crippen LogP) is 3.64. The number of pyridine rings is 1. The number of thiophene rings is 1. The van der Waals surface area contributed by atoms with Gasteiger partial charge in [-0.1, -0.05) is 18.2 Å². The normalized spacial score (nSPS) is 16.2. The topological polar surface area (TPSA) is 100.0 Å². The molecular formula is C22H18N2O5S. The highest BCUT2D eigenvalue weighted by molar-refractivity contribution is 7.12. The summed E-state index contributed by atoms with van der Waals surface area (Å²) >= 11 is 1.23. The average Bonchev–Trinajstić information content (AvgIpc) is 3.38. The van der Waals surface area contributed by atoms with Crippen LogP contribution in [0.25, 0.3) is 0 Å². The fourth-order valence-corrected chi connectivity index (χ4v) is 4.17. The molecule has 3 heterocycles. The third-order valence-electron chi connectivity index (χ3n) is 4.89. The minimum atomic E-state index is -0.846. The van der Waals surface area contributed by atoms with E-state index < -0.39 is 23.5 Å². The van der Waals surface area contributed by atoms with Gasteiger partial charge >= 0.3 is 0 Å². The van der Waals surface area contributed by atoms with Gasteiger partial charge in [-0.05, 0) is 40.8 Å². The van der Waals surface area contributed by atoms with Gasteiger partial charge in [0.2, 0.25) is 5.78 Å². The van der Waals surface area contributed by atoms with Crippen LogP contribution in [0.1, 0.15) is 26.8 Å². The number of phenols is 1. The fraction of sp³-hybridized carbons (Fsp3) is 0.136. The van der Waals surface area contributed by atoms with Crippen molar-refractivity contribution < 1.29 is 24.5 Å². The molecule has 2 N–H and O–H groups in total. The summed E-state index contributed by atoms with van der Waals surface area (Å²) in [6.45, 7) is 0.145. The van der Waals surface area contributed by atoms with Gasteiger partial charge in [0, 0.05) is 18.9 Å². The number of carbonyl (C=O) groups excluding carboxylic acids is 2. The highest BCUT2D eigenvalue weighted by Gasteiger charge is 2.44. The van der Waals surface area contributed by atoms with Gasteiger partial charge in [-0.25, -0.2) is 0 Å². The maximum absolute atomic E-state index is 13.2. The predicted molar refractivity (Wildman–Crippen MR) is 110 cm³/mol. The summed E-state index contributed by atoms with van der Waals surface area (Å²) < 4.78 is 5.20. The molecule has 0 saturated carbocycles. The molecule has 3 aromatic rings. The SMILES string of the molecule is COc1cc(C2C(C(=O)c3cccs3)=C(O)C(=O)N2Cc2cccnc2)ccc1O. The standard InChI is InChI=1S/C22H18N2O5S/c1-29-16-10-14(6-7-15(16)25)19-18(20(26)17-5-3-9-30-17)21(27)22(28)24(19)12-13-4-2-8-23-11-13/h2-11,19,25,27H,12H2,1H3. The molecule has 7 nitrogen and oxygen atoms in total. The number of aliphatic hydroxyl groups excluding tert-OH is 1. The molecule has 2 aromatic heterocycles. The first-order valence-corrected chi connectivity index (χ1v) is 9.97. The number of carbonyl (C=O) groups is 2. The number of hydrogen-bond donors (Lipinski definition) is 2. The number of aromatic nitrogens is 1. The molecule has 30 heavy (non-hydrogen) atoms. The smallest absolute Gasteiger partial charge is 0.290 e. The summed E-state index contributed by atoms with van der Waals surface area (Å²) in [6, 6.07) is 10.7. The van der Waals surface area contributed by atoms with Gasteiger partial charge in [-0.2, -0.15) is 0 Å². The number of aliphatic hydroxyl groups is 1. The third-order valence-corrected chi connectivity index (χ3v) is 5.76. The van der Waals surface area contributed by atoms with Crippen LogP contribution in [0.5, 0.6) is 11.5 Å². The minimum absolute atomic E-state index is 0.000849. The second-order valence-corrected chi connectivity index (χ2v) is 7.64. The number of benzene rings is 1. The molecule has 0 aliphatic carbocycles. The van der Waals surface area contributed by atoms with E-state index in [4.69, 9.17) is 4.74 Å². The number of Topliss-reactive ketones (excluding diaryl/α,β-unsaturated/α-hetero) is 1. The second-order valence-electron chi connectivity index (χ2n) is 6.70. The van der Waals surface area contributed by atoms with Crippen LogP contribution in [0.4, 0.5) is 0 Å². The summed E-state index contributed by atoms with van der Waals surface area (Å²) in [5.74, 6) is -1.49. The molecule has 4 rings (SSSR count). The van der Waals surface area contributed by atoms with Crippen molar-refractivity contribution in [3.63, 3.8) is 0 Å². The van der Waals surface area contributed by atoms with Crippen molar-refractivity contribution in [2.45, 2.75) is 12.6 Å². The fourth-order valence-electron chi connectivity index (χ4n) is 3.49. The number of ketones is 1. The van der Waals surface area contributed by atoms with Crippen molar-refractivity contribution >= 4 is 23.0 Å². The van der Waals surface area contributed by atoms with E-state index in [9.17, 15) is 19.8 Å². The van der Waals surface area contributed by atoms with Crippen LogP contribution >= 0.6 is 11.3 Å².